The molecular formula is C15H30N2. The fourth-order valence-electron chi connectivity index (χ4n) is 3.90. The molecule has 0 saturated heterocycles. The molecule has 2 fully saturated rings. The van der Waals surface area contributed by atoms with Crippen LogP contribution < -0.4 is 5.73 Å². The van der Waals surface area contributed by atoms with Gasteiger partial charge in [0.25, 0.3) is 0 Å². The summed E-state index contributed by atoms with van der Waals surface area (Å²) in [5.41, 5.74) is 6.45. The summed E-state index contributed by atoms with van der Waals surface area (Å²) in [7, 11) is 2.33. The van der Waals surface area contributed by atoms with Crippen LogP contribution >= 0.6 is 0 Å². The maximum absolute atomic E-state index is 6.10. The average Bonchev–Trinajstić information content (AvgIpc) is 2.40. The molecule has 0 aromatic heterocycles. The van der Waals surface area contributed by atoms with Crippen molar-refractivity contribution in [3.63, 3.8) is 0 Å². The van der Waals surface area contributed by atoms with Crippen LogP contribution in [0.1, 0.15) is 64.2 Å². The molecule has 0 atom stereocenters. The summed E-state index contributed by atoms with van der Waals surface area (Å²) in [4.78, 5) is 2.63. The minimum atomic E-state index is 0.343. The van der Waals surface area contributed by atoms with Crippen molar-refractivity contribution in [3.8, 4) is 0 Å². The van der Waals surface area contributed by atoms with Crippen LogP contribution in [-0.2, 0) is 0 Å². The summed E-state index contributed by atoms with van der Waals surface area (Å²) < 4.78 is 0. The van der Waals surface area contributed by atoms with Crippen molar-refractivity contribution in [3.05, 3.63) is 0 Å². The van der Waals surface area contributed by atoms with Crippen molar-refractivity contribution in [2.24, 2.45) is 11.7 Å². The van der Waals surface area contributed by atoms with Crippen LogP contribution in [0.4, 0.5) is 0 Å². The van der Waals surface area contributed by atoms with E-state index in [1.54, 1.807) is 0 Å². The van der Waals surface area contributed by atoms with Crippen LogP contribution in [0.2, 0.25) is 0 Å². The summed E-state index contributed by atoms with van der Waals surface area (Å²) in [5.74, 6) is 0.944. The Kier molecular flexibility index (Phi) is 4.87. The topological polar surface area (TPSA) is 29.3 Å². The Labute approximate surface area is 107 Å². The van der Waals surface area contributed by atoms with E-state index in [-0.39, 0.29) is 0 Å². The lowest BCUT2D eigenvalue weighted by Gasteiger charge is -2.45. The molecule has 17 heavy (non-hydrogen) atoms. The van der Waals surface area contributed by atoms with Crippen LogP contribution in [0.5, 0.6) is 0 Å². The van der Waals surface area contributed by atoms with Gasteiger partial charge in [0.2, 0.25) is 0 Å². The van der Waals surface area contributed by atoms with Crippen LogP contribution in [0.15, 0.2) is 0 Å². The molecule has 2 saturated carbocycles. The van der Waals surface area contributed by atoms with Gasteiger partial charge in [-0.1, -0.05) is 38.5 Å². The van der Waals surface area contributed by atoms with E-state index in [4.69, 9.17) is 5.73 Å². The minimum Gasteiger partial charge on any atom is -0.329 e. The van der Waals surface area contributed by atoms with Crippen molar-refractivity contribution in [1.29, 1.82) is 0 Å². The third kappa shape index (κ3) is 3.23. The normalized spacial score (nSPS) is 26.3. The first-order valence-corrected chi connectivity index (χ1v) is 7.68. The van der Waals surface area contributed by atoms with Crippen molar-refractivity contribution in [2.45, 2.75) is 69.7 Å². The van der Waals surface area contributed by atoms with Crippen molar-refractivity contribution in [1.82, 2.24) is 4.90 Å². The molecule has 0 aromatic rings. The van der Waals surface area contributed by atoms with E-state index >= 15 is 0 Å². The van der Waals surface area contributed by atoms with E-state index in [2.05, 4.69) is 11.9 Å². The number of hydrogen-bond donors (Lipinski definition) is 1. The molecule has 2 nitrogen and oxygen atoms in total. The first-order chi connectivity index (χ1) is 8.27. The maximum atomic E-state index is 6.10. The molecule has 0 bridgehead atoms. The van der Waals surface area contributed by atoms with Crippen molar-refractivity contribution < 1.29 is 0 Å². The number of rotatable bonds is 4. The largest absolute Gasteiger partial charge is 0.329 e. The number of nitrogens with zero attached hydrogens (tertiary/aromatic N) is 1. The quantitative estimate of drug-likeness (QED) is 0.815. The lowest BCUT2D eigenvalue weighted by Crippen LogP contribution is -2.54. The Bertz CT molecular complexity index is 215. The van der Waals surface area contributed by atoms with Gasteiger partial charge in [-0.2, -0.15) is 0 Å². The van der Waals surface area contributed by atoms with E-state index in [0.717, 1.165) is 12.5 Å². The van der Waals surface area contributed by atoms with E-state index < -0.39 is 0 Å². The van der Waals surface area contributed by atoms with Crippen molar-refractivity contribution >= 4 is 0 Å². The lowest BCUT2D eigenvalue weighted by atomic mass is 9.79. The Balaban J connectivity index is 1.89. The van der Waals surface area contributed by atoms with Crippen LogP contribution in [-0.4, -0.2) is 30.6 Å². The molecule has 0 radical (unpaired) electrons. The fourth-order valence-corrected chi connectivity index (χ4v) is 3.90. The molecule has 0 heterocycles. The predicted molar refractivity (Wildman–Crippen MR) is 74.1 cm³/mol. The Hall–Kier alpha value is -0.0800. The molecule has 0 spiro atoms. The third-order valence-electron chi connectivity index (χ3n) is 5.23. The standard InChI is InChI=1S/C15H30N2/c1-17(12-14-8-4-2-5-9-14)15(13-16)10-6-3-7-11-15/h14H,2-13,16H2,1H3. The number of hydrogen-bond acceptors (Lipinski definition) is 2. The van der Waals surface area contributed by atoms with Gasteiger partial charge in [0.15, 0.2) is 0 Å². The lowest BCUT2D eigenvalue weighted by molar-refractivity contribution is 0.0611. The summed E-state index contributed by atoms with van der Waals surface area (Å²) in [6.45, 7) is 2.15. The van der Waals surface area contributed by atoms with Gasteiger partial charge in [0.1, 0.15) is 0 Å². The van der Waals surface area contributed by atoms with E-state index in [9.17, 15) is 0 Å². The second-order valence-electron chi connectivity index (χ2n) is 6.37. The molecule has 0 amide bonds. The van der Waals surface area contributed by atoms with Crippen LogP contribution in [0.25, 0.3) is 0 Å². The Morgan fingerprint density at radius 1 is 1.00 bits per heavy atom. The van der Waals surface area contributed by atoms with Crippen LogP contribution in [0.3, 0.4) is 0 Å². The minimum absolute atomic E-state index is 0.343. The number of likely N-dealkylation sites (N-methyl/N-ethyl adjacent to an activating group) is 1. The Morgan fingerprint density at radius 2 is 1.59 bits per heavy atom. The average molecular weight is 238 g/mol. The first-order valence-electron chi connectivity index (χ1n) is 7.68. The molecular weight excluding hydrogens is 208 g/mol. The van der Waals surface area contributed by atoms with Gasteiger partial charge in [0.05, 0.1) is 0 Å². The number of nitrogens with two attached hydrogens (primary N) is 1. The van der Waals surface area contributed by atoms with Gasteiger partial charge in [-0.25, -0.2) is 0 Å². The maximum Gasteiger partial charge on any atom is 0.0328 e. The highest BCUT2D eigenvalue weighted by Crippen LogP contribution is 2.34. The first kappa shape index (κ1) is 13.4. The summed E-state index contributed by atoms with van der Waals surface area (Å²) in [5, 5.41) is 0. The zero-order chi connectivity index (χ0) is 12.1. The van der Waals surface area contributed by atoms with Crippen LogP contribution in [0, 0.1) is 5.92 Å². The monoisotopic (exact) mass is 238 g/mol. The second kappa shape index (κ2) is 6.19. The van der Waals surface area contributed by atoms with E-state index in [1.807, 2.05) is 0 Å². The summed E-state index contributed by atoms with van der Waals surface area (Å²) in [6.07, 6.45) is 14.1. The molecule has 0 aliphatic heterocycles. The van der Waals surface area contributed by atoms with E-state index in [1.165, 1.54) is 70.8 Å². The second-order valence-corrected chi connectivity index (χ2v) is 6.37. The van der Waals surface area contributed by atoms with Gasteiger partial charge in [-0.15, -0.1) is 0 Å². The van der Waals surface area contributed by atoms with Gasteiger partial charge in [0, 0.05) is 18.6 Å². The Morgan fingerprint density at radius 3 is 2.18 bits per heavy atom. The molecule has 2 N–H and O–H groups in total. The smallest absolute Gasteiger partial charge is 0.0328 e. The molecule has 2 rings (SSSR count). The van der Waals surface area contributed by atoms with Gasteiger partial charge < -0.3 is 5.73 Å². The summed E-state index contributed by atoms with van der Waals surface area (Å²) >= 11 is 0. The molecule has 2 aliphatic rings. The molecule has 2 heteroatoms. The van der Waals surface area contributed by atoms with E-state index in [0.29, 0.717) is 5.54 Å². The van der Waals surface area contributed by atoms with Gasteiger partial charge in [-0.05, 0) is 38.6 Å². The zero-order valence-corrected chi connectivity index (χ0v) is 11.6. The fraction of sp³-hybridized carbons (Fsp3) is 1.00. The zero-order valence-electron chi connectivity index (χ0n) is 11.6. The van der Waals surface area contributed by atoms with Gasteiger partial charge in [-0.3, -0.25) is 4.90 Å². The SMILES string of the molecule is CN(CC1CCCCC1)C1(CN)CCCCC1. The summed E-state index contributed by atoms with van der Waals surface area (Å²) in [6, 6.07) is 0. The van der Waals surface area contributed by atoms with Crippen molar-refractivity contribution in [2.75, 3.05) is 20.1 Å². The molecule has 0 unspecified atom stereocenters. The molecule has 2 aliphatic carbocycles. The van der Waals surface area contributed by atoms with Gasteiger partial charge >= 0.3 is 0 Å². The third-order valence-corrected chi connectivity index (χ3v) is 5.23. The highest BCUT2D eigenvalue weighted by Gasteiger charge is 2.35. The molecule has 100 valence electrons. The predicted octanol–water partition coefficient (Wildman–Crippen LogP) is 3.16. The highest BCUT2D eigenvalue weighted by molar-refractivity contribution is 4.93. The molecule has 0 aromatic carbocycles. The highest BCUT2D eigenvalue weighted by atomic mass is 15.2.